The molecule has 0 saturated heterocycles. The molecular weight excluding hydrogens is 222 g/mol. The fourth-order valence-corrected chi connectivity index (χ4v) is 1.78. The zero-order valence-corrected chi connectivity index (χ0v) is 9.52. The summed E-state index contributed by atoms with van der Waals surface area (Å²) in [4.78, 5) is 13.1. The van der Waals surface area contributed by atoms with Gasteiger partial charge in [-0.25, -0.2) is 0 Å². The van der Waals surface area contributed by atoms with Crippen molar-refractivity contribution in [3.63, 3.8) is 0 Å². The molecule has 2 nitrogen and oxygen atoms in total. The number of halogens is 1. The van der Waals surface area contributed by atoms with Gasteiger partial charge in [-0.3, -0.25) is 4.79 Å². The van der Waals surface area contributed by atoms with Crippen LogP contribution in [0.15, 0.2) is 54.3 Å². The number of nitrogens with zero attached hydrogens (tertiary/aromatic N) is 1. The van der Waals surface area contributed by atoms with Crippen LogP contribution in [-0.2, 0) is 11.3 Å². The third-order valence-corrected chi connectivity index (χ3v) is 2.69. The van der Waals surface area contributed by atoms with E-state index in [1.807, 2.05) is 30.5 Å². The van der Waals surface area contributed by atoms with Crippen molar-refractivity contribution < 1.29 is 4.79 Å². The van der Waals surface area contributed by atoms with Crippen molar-refractivity contribution in [3.05, 3.63) is 59.8 Å². The lowest BCUT2D eigenvalue weighted by Gasteiger charge is -2.23. The van der Waals surface area contributed by atoms with Gasteiger partial charge in [0.15, 0.2) is 0 Å². The summed E-state index contributed by atoms with van der Waals surface area (Å²) in [6, 6.07) is 10.1. The molecule has 0 spiro atoms. The summed E-state index contributed by atoms with van der Waals surface area (Å²) in [5.74, 6) is 0. The molecule has 0 unspecified atom stereocenters. The zero-order valence-electron chi connectivity index (χ0n) is 8.77. The molecule has 16 heavy (non-hydrogen) atoms. The second kappa shape index (κ2) is 4.99. The molecule has 2 rings (SSSR count). The molecule has 0 aliphatic carbocycles. The van der Waals surface area contributed by atoms with Gasteiger partial charge >= 0.3 is 0 Å². The molecule has 0 radical (unpaired) electrons. The molecule has 1 aliphatic heterocycles. The Bertz CT molecular complexity index is 437. The van der Waals surface area contributed by atoms with Crippen LogP contribution in [0.25, 0.3) is 0 Å². The van der Waals surface area contributed by atoms with Crippen LogP contribution in [0.3, 0.4) is 0 Å². The quantitative estimate of drug-likeness (QED) is 0.749. The monoisotopic (exact) mass is 233 g/mol. The summed E-state index contributed by atoms with van der Waals surface area (Å²) < 4.78 is 0. The summed E-state index contributed by atoms with van der Waals surface area (Å²) in [6.07, 6.45) is 5.58. The Hall–Kier alpha value is -1.54. The zero-order chi connectivity index (χ0) is 11.4. The summed E-state index contributed by atoms with van der Waals surface area (Å²) in [5, 5.41) is -0.373. The molecule has 82 valence electrons. The summed E-state index contributed by atoms with van der Waals surface area (Å²) in [6.45, 7) is 1.37. The first-order valence-electron chi connectivity index (χ1n) is 5.11. The molecule has 1 heterocycles. The number of rotatable bonds is 3. The first-order chi connectivity index (χ1) is 7.75. The van der Waals surface area contributed by atoms with Crippen molar-refractivity contribution in [2.24, 2.45) is 0 Å². The first-order valence-corrected chi connectivity index (χ1v) is 5.48. The highest BCUT2D eigenvalue weighted by Gasteiger charge is 2.12. The number of benzene rings is 1. The summed E-state index contributed by atoms with van der Waals surface area (Å²) in [7, 11) is 0. The van der Waals surface area contributed by atoms with Crippen molar-refractivity contribution in [2.75, 3.05) is 6.54 Å². The lowest BCUT2D eigenvalue weighted by molar-refractivity contribution is -0.108. The number of hydrogen-bond acceptors (Lipinski definition) is 2. The first kappa shape index (κ1) is 11.0. The van der Waals surface area contributed by atoms with Gasteiger partial charge in [-0.2, -0.15) is 0 Å². The third kappa shape index (κ3) is 2.74. The lowest BCUT2D eigenvalue weighted by Crippen LogP contribution is -2.23. The molecular formula is C13H12ClNO. The Morgan fingerprint density at radius 3 is 2.75 bits per heavy atom. The van der Waals surface area contributed by atoms with E-state index in [2.05, 4.69) is 17.0 Å². The maximum atomic E-state index is 11.0. The van der Waals surface area contributed by atoms with E-state index in [-0.39, 0.29) is 5.24 Å². The van der Waals surface area contributed by atoms with E-state index in [1.165, 1.54) is 5.56 Å². The smallest absolute Gasteiger partial charge is 0.250 e. The number of carbonyl (C=O) groups is 1. The average Bonchev–Trinajstić information content (AvgIpc) is 2.30. The van der Waals surface area contributed by atoms with E-state index in [0.29, 0.717) is 12.1 Å². The van der Waals surface area contributed by atoms with E-state index >= 15 is 0 Å². The van der Waals surface area contributed by atoms with Gasteiger partial charge in [-0.05, 0) is 29.4 Å². The van der Waals surface area contributed by atoms with E-state index in [9.17, 15) is 4.79 Å². The predicted octanol–water partition coefficient (Wildman–Crippen LogP) is 2.71. The molecule has 0 aromatic heterocycles. The molecule has 1 aromatic rings. The van der Waals surface area contributed by atoms with Gasteiger partial charge in [0.2, 0.25) is 5.24 Å². The number of hydrogen-bond donors (Lipinski definition) is 0. The molecule has 1 aliphatic rings. The number of carbonyl (C=O) groups excluding carboxylic acids is 1. The second-order valence-electron chi connectivity index (χ2n) is 3.70. The van der Waals surface area contributed by atoms with Crippen LogP contribution in [0.4, 0.5) is 0 Å². The maximum absolute atomic E-state index is 11.0. The van der Waals surface area contributed by atoms with Gasteiger partial charge in [0.25, 0.3) is 0 Å². The van der Waals surface area contributed by atoms with E-state index in [1.54, 1.807) is 6.08 Å². The molecule has 0 amide bonds. The molecule has 0 atom stereocenters. The highest BCUT2D eigenvalue weighted by Crippen LogP contribution is 2.13. The van der Waals surface area contributed by atoms with E-state index in [4.69, 9.17) is 11.6 Å². The summed E-state index contributed by atoms with van der Waals surface area (Å²) >= 11 is 5.46. The molecule has 0 fully saturated rings. The molecule has 0 bridgehead atoms. The van der Waals surface area contributed by atoms with Crippen LogP contribution in [0.2, 0.25) is 0 Å². The minimum Gasteiger partial charge on any atom is -0.369 e. The van der Waals surface area contributed by atoms with Gasteiger partial charge in [0.05, 0.1) is 0 Å². The molecule has 1 aromatic carbocycles. The lowest BCUT2D eigenvalue weighted by atomic mass is 10.1. The van der Waals surface area contributed by atoms with Crippen LogP contribution in [0.1, 0.15) is 5.56 Å². The standard InChI is InChI=1S/C13H12ClNO/c14-13(16)12-7-4-8-15(10-12)9-11-5-2-1-3-6-11/h1-8H,9-10H2. The number of allylic oxidation sites excluding steroid dienone is 2. The Balaban J connectivity index is 2.02. The fourth-order valence-electron chi connectivity index (χ4n) is 1.66. The SMILES string of the molecule is O=C(Cl)C1=CC=CN(Cc2ccccc2)C1. The minimum absolute atomic E-state index is 0.373. The van der Waals surface area contributed by atoms with Crippen LogP contribution < -0.4 is 0 Å². The largest absolute Gasteiger partial charge is 0.369 e. The van der Waals surface area contributed by atoms with Crippen molar-refractivity contribution in [3.8, 4) is 0 Å². The Morgan fingerprint density at radius 2 is 2.06 bits per heavy atom. The maximum Gasteiger partial charge on any atom is 0.250 e. The highest BCUT2D eigenvalue weighted by atomic mass is 35.5. The van der Waals surface area contributed by atoms with Crippen molar-refractivity contribution in [1.82, 2.24) is 4.90 Å². The van der Waals surface area contributed by atoms with E-state index in [0.717, 1.165) is 6.54 Å². The third-order valence-electron chi connectivity index (χ3n) is 2.45. The fraction of sp³-hybridized carbons (Fsp3) is 0.154. The highest BCUT2D eigenvalue weighted by molar-refractivity contribution is 6.67. The van der Waals surface area contributed by atoms with Crippen molar-refractivity contribution >= 4 is 16.8 Å². The van der Waals surface area contributed by atoms with Crippen molar-refractivity contribution in [2.45, 2.75) is 6.54 Å². The minimum atomic E-state index is -0.373. The van der Waals surface area contributed by atoms with Crippen molar-refractivity contribution in [1.29, 1.82) is 0 Å². The van der Waals surface area contributed by atoms with Crippen LogP contribution in [-0.4, -0.2) is 16.7 Å². The van der Waals surface area contributed by atoms with Crippen LogP contribution >= 0.6 is 11.6 Å². The van der Waals surface area contributed by atoms with Crippen LogP contribution in [0, 0.1) is 0 Å². The molecule has 3 heteroatoms. The Kier molecular flexibility index (Phi) is 3.42. The van der Waals surface area contributed by atoms with Gasteiger partial charge in [-0.15, -0.1) is 0 Å². The van der Waals surface area contributed by atoms with E-state index < -0.39 is 0 Å². The molecule has 0 N–H and O–H groups in total. The molecule has 0 saturated carbocycles. The normalized spacial score (nSPS) is 14.8. The van der Waals surface area contributed by atoms with Gasteiger partial charge in [0.1, 0.15) is 0 Å². The van der Waals surface area contributed by atoms with Gasteiger partial charge < -0.3 is 4.90 Å². The average molecular weight is 234 g/mol. The predicted molar refractivity (Wildman–Crippen MR) is 64.9 cm³/mol. The second-order valence-corrected chi connectivity index (χ2v) is 4.04. The Morgan fingerprint density at radius 1 is 1.31 bits per heavy atom. The summed E-state index contributed by atoms with van der Waals surface area (Å²) in [5.41, 5.74) is 1.86. The van der Waals surface area contributed by atoms with Gasteiger partial charge in [0, 0.05) is 18.7 Å². The Labute approximate surface area is 99.8 Å². The topological polar surface area (TPSA) is 20.3 Å². The van der Waals surface area contributed by atoms with Crippen LogP contribution in [0.5, 0.6) is 0 Å². The van der Waals surface area contributed by atoms with Gasteiger partial charge in [-0.1, -0.05) is 36.4 Å².